The fourth-order valence-corrected chi connectivity index (χ4v) is 2.82. The zero-order valence-electron chi connectivity index (χ0n) is 11.6. The Hall–Kier alpha value is -1.30. The van der Waals surface area contributed by atoms with Gasteiger partial charge in [-0.05, 0) is 30.0 Å². The molecule has 0 fully saturated rings. The first-order valence-electron chi connectivity index (χ1n) is 6.43. The van der Waals surface area contributed by atoms with Crippen molar-refractivity contribution in [3.8, 4) is 0 Å². The van der Waals surface area contributed by atoms with E-state index >= 15 is 0 Å². The number of amides is 1. The van der Waals surface area contributed by atoms with E-state index in [0.29, 0.717) is 17.2 Å². The summed E-state index contributed by atoms with van der Waals surface area (Å²) in [5.41, 5.74) is 0.337. The second kappa shape index (κ2) is 8.09. The number of halogens is 2. The maximum Gasteiger partial charge on any atom is 0.232 e. The molecule has 0 unspecified atom stereocenters. The van der Waals surface area contributed by atoms with Gasteiger partial charge in [-0.3, -0.25) is 9.00 Å². The second-order valence-corrected chi connectivity index (χ2v) is 6.60. The Bertz CT molecular complexity index is 472. The highest BCUT2D eigenvalue weighted by Crippen LogP contribution is 2.07. The fourth-order valence-electron chi connectivity index (χ4n) is 1.55. The first kappa shape index (κ1) is 16.8. The van der Waals surface area contributed by atoms with Crippen molar-refractivity contribution in [1.29, 1.82) is 0 Å². The van der Waals surface area contributed by atoms with Gasteiger partial charge in [0.2, 0.25) is 5.91 Å². The van der Waals surface area contributed by atoms with Gasteiger partial charge in [-0.15, -0.1) is 0 Å². The molecule has 20 heavy (non-hydrogen) atoms. The maximum absolute atomic E-state index is 12.9. The minimum absolute atomic E-state index is 0.0227. The first-order valence-corrected chi connectivity index (χ1v) is 7.92. The lowest BCUT2D eigenvalue weighted by Crippen LogP contribution is -2.28. The molecule has 3 nitrogen and oxygen atoms in total. The molecule has 0 saturated heterocycles. The zero-order valence-corrected chi connectivity index (χ0v) is 12.4. The van der Waals surface area contributed by atoms with E-state index in [9.17, 15) is 17.8 Å². The van der Waals surface area contributed by atoms with Crippen molar-refractivity contribution in [2.24, 2.45) is 5.92 Å². The van der Waals surface area contributed by atoms with E-state index in [-0.39, 0.29) is 18.2 Å². The number of hydrogen-bond donors (Lipinski definition) is 1. The molecule has 0 bridgehead atoms. The number of carbonyl (C=O) groups is 1. The minimum Gasteiger partial charge on any atom is -0.351 e. The largest absolute Gasteiger partial charge is 0.351 e. The number of carbonyl (C=O) groups excluding carboxylic acids is 1. The number of nitrogens with one attached hydrogen (secondary N) is 1. The summed E-state index contributed by atoms with van der Waals surface area (Å²) in [4.78, 5) is 11.5. The van der Waals surface area contributed by atoms with Crippen LogP contribution in [-0.2, 0) is 22.1 Å². The average molecular weight is 303 g/mol. The third-order valence-corrected chi connectivity index (χ3v) is 3.90. The third kappa shape index (κ3) is 6.75. The Morgan fingerprint density at radius 1 is 1.25 bits per heavy atom. The van der Waals surface area contributed by atoms with E-state index in [4.69, 9.17) is 0 Å². The van der Waals surface area contributed by atoms with Gasteiger partial charge >= 0.3 is 0 Å². The van der Waals surface area contributed by atoms with Gasteiger partial charge in [0, 0.05) is 29.2 Å². The normalized spacial score (nSPS) is 12.4. The van der Waals surface area contributed by atoms with E-state index in [1.54, 1.807) is 0 Å². The molecule has 0 saturated carbocycles. The summed E-state index contributed by atoms with van der Waals surface area (Å²) in [5.74, 6) is -0.900. The lowest BCUT2D eigenvalue weighted by atomic mass is 10.2. The van der Waals surface area contributed by atoms with Crippen LogP contribution in [0.1, 0.15) is 25.8 Å². The van der Waals surface area contributed by atoms with Crippen molar-refractivity contribution in [1.82, 2.24) is 5.32 Å². The molecule has 112 valence electrons. The lowest BCUT2D eigenvalue weighted by molar-refractivity contribution is -0.118. The van der Waals surface area contributed by atoms with Gasteiger partial charge in [0.05, 0.1) is 0 Å². The predicted molar refractivity (Wildman–Crippen MR) is 75.5 cm³/mol. The Morgan fingerprint density at radius 2 is 1.85 bits per heavy atom. The van der Waals surface area contributed by atoms with E-state index in [1.807, 2.05) is 13.8 Å². The molecule has 0 heterocycles. The Morgan fingerprint density at radius 3 is 2.40 bits per heavy atom. The Labute approximate surface area is 120 Å². The van der Waals surface area contributed by atoms with Gasteiger partial charge in [0.15, 0.2) is 0 Å². The van der Waals surface area contributed by atoms with Crippen LogP contribution in [0.15, 0.2) is 18.2 Å². The van der Waals surface area contributed by atoms with Crippen molar-refractivity contribution in [3.63, 3.8) is 0 Å². The van der Waals surface area contributed by atoms with Crippen LogP contribution in [0.3, 0.4) is 0 Å². The summed E-state index contributed by atoms with van der Waals surface area (Å²) in [7, 11) is -1.20. The Balaban J connectivity index is 2.37. The highest BCUT2D eigenvalue weighted by Gasteiger charge is 2.09. The maximum atomic E-state index is 12.9. The van der Waals surface area contributed by atoms with E-state index < -0.39 is 22.4 Å². The molecule has 0 radical (unpaired) electrons. The van der Waals surface area contributed by atoms with Gasteiger partial charge in [-0.25, -0.2) is 8.78 Å². The molecular weight excluding hydrogens is 284 g/mol. The van der Waals surface area contributed by atoms with Crippen molar-refractivity contribution in [3.05, 3.63) is 35.4 Å². The van der Waals surface area contributed by atoms with E-state index in [2.05, 4.69) is 5.32 Å². The predicted octanol–water partition coefficient (Wildman–Crippen LogP) is 2.38. The van der Waals surface area contributed by atoms with Crippen LogP contribution in [-0.4, -0.2) is 21.6 Å². The van der Waals surface area contributed by atoms with Crippen molar-refractivity contribution in [2.45, 2.75) is 26.8 Å². The molecule has 1 atom stereocenters. The summed E-state index contributed by atoms with van der Waals surface area (Å²) >= 11 is 0. The van der Waals surface area contributed by atoms with Crippen LogP contribution in [0.2, 0.25) is 0 Å². The lowest BCUT2D eigenvalue weighted by Gasteiger charge is -2.07. The molecule has 1 rings (SSSR count). The minimum atomic E-state index is -1.20. The standard InChI is InChI=1S/C14H19F2NO2S/c1-10(2)3-4-20(19)9-14(18)17-8-11-5-12(15)7-13(16)6-11/h5-7,10H,3-4,8-9H2,1-2H3,(H,17,18)/t20-/m1/s1. The molecule has 0 aliphatic heterocycles. The molecule has 0 aromatic heterocycles. The van der Waals surface area contributed by atoms with Crippen LogP contribution < -0.4 is 5.32 Å². The zero-order chi connectivity index (χ0) is 15.1. The van der Waals surface area contributed by atoms with Gasteiger partial charge in [-0.1, -0.05) is 13.8 Å². The van der Waals surface area contributed by atoms with Gasteiger partial charge in [0.25, 0.3) is 0 Å². The first-order chi connectivity index (χ1) is 9.36. The fraction of sp³-hybridized carbons (Fsp3) is 0.500. The Kier molecular flexibility index (Phi) is 6.78. The van der Waals surface area contributed by atoms with Crippen molar-refractivity contribution < 1.29 is 17.8 Å². The van der Waals surface area contributed by atoms with Crippen LogP contribution in [0.25, 0.3) is 0 Å². The monoisotopic (exact) mass is 303 g/mol. The third-order valence-electron chi connectivity index (χ3n) is 2.63. The topological polar surface area (TPSA) is 46.2 Å². The number of rotatable bonds is 7. The molecule has 0 aliphatic rings. The van der Waals surface area contributed by atoms with Crippen LogP contribution in [0.4, 0.5) is 8.78 Å². The highest BCUT2D eigenvalue weighted by atomic mass is 32.2. The van der Waals surface area contributed by atoms with E-state index in [1.165, 1.54) is 0 Å². The van der Waals surface area contributed by atoms with E-state index in [0.717, 1.165) is 24.6 Å². The molecule has 1 aromatic carbocycles. The quantitative estimate of drug-likeness (QED) is 0.840. The molecule has 1 aromatic rings. The van der Waals surface area contributed by atoms with Gasteiger partial charge < -0.3 is 5.32 Å². The molecule has 1 amide bonds. The number of benzene rings is 1. The SMILES string of the molecule is CC(C)CC[S@@](=O)CC(=O)NCc1cc(F)cc(F)c1. The van der Waals surface area contributed by atoms with Gasteiger partial charge in [-0.2, -0.15) is 0 Å². The van der Waals surface area contributed by atoms with Crippen molar-refractivity contribution in [2.75, 3.05) is 11.5 Å². The molecule has 6 heteroatoms. The molecular formula is C14H19F2NO2S. The second-order valence-electron chi connectivity index (χ2n) is 5.03. The summed E-state index contributed by atoms with van der Waals surface area (Å²) in [6, 6.07) is 3.07. The average Bonchev–Trinajstić information content (AvgIpc) is 2.33. The number of hydrogen-bond acceptors (Lipinski definition) is 2. The molecule has 0 spiro atoms. The highest BCUT2D eigenvalue weighted by molar-refractivity contribution is 7.85. The van der Waals surface area contributed by atoms with Crippen LogP contribution in [0, 0.1) is 17.6 Å². The summed E-state index contributed by atoms with van der Waals surface area (Å²) in [5, 5.41) is 2.51. The van der Waals surface area contributed by atoms with Crippen LogP contribution in [0.5, 0.6) is 0 Å². The molecule has 0 aliphatic carbocycles. The van der Waals surface area contributed by atoms with Crippen LogP contribution >= 0.6 is 0 Å². The van der Waals surface area contributed by atoms with Crippen molar-refractivity contribution >= 4 is 16.7 Å². The smallest absolute Gasteiger partial charge is 0.232 e. The molecule has 1 N–H and O–H groups in total. The van der Waals surface area contributed by atoms with Gasteiger partial charge in [0.1, 0.15) is 17.4 Å². The summed E-state index contributed by atoms with van der Waals surface area (Å²) < 4.78 is 37.5. The summed E-state index contributed by atoms with van der Waals surface area (Å²) in [6.45, 7) is 4.07. The summed E-state index contributed by atoms with van der Waals surface area (Å²) in [6.07, 6.45) is 0.801.